The highest BCUT2D eigenvalue weighted by Gasteiger charge is 2.32. The lowest BCUT2D eigenvalue weighted by molar-refractivity contribution is -0.0817. The normalized spacial score (nSPS) is 24.6. The van der Waals surface area contributed by atoms with E-state index in [1.807, 2.05) is 13.8 Å². The van der Waals surface area contributed by atoms with Crippen molar-refractivity contribution in [2.24, 2.45) is 4.99 Å². The maximum Gasteiger partial charge on any atom is 0.194 e. The van der Waals surface area contributed by atoms with E-state index in [2.05, 4.69) is 29.2 Å². The Hall–Kier alpha value is -0.870. The Morgan fingerprint density at radius 2 is 2.07 bits per heavy atom. The van der Waals surface area contributed by atoms with Crippen molar-refractivity contribution in [3.8, 4) is 0 Å². The van der Waals surface area contributed by atoms with Gasteiger partial charge in [-0.05, 0) is 33.6 Å². The Kier molecular flexibility index (Phi) is 8.81. The average Bonchev–Trinajstić information content (AvgIpc) is 3.29. The summed E-state index contributed by atoms with van der Waals surface area (Å²) >= 11 is 0. The molecule has 27 heavy (non-hydrogen) atoms. The summed E-state index contributed by atoms with van der Waals surface area (Å²) < 4.78 is 17.1. The van der Waals surface area contributed by atoms with Crippen molar-refractivity contribution in [2.45, 2.75) is 58.7 Å². The van der Waals surface area contributed by atoms with Gasteiger partial charge in [0.1, 0.15) is 11.9 Å². The summed E-state index contributed by atoms with van der Waals surface area (Å²) in [7, 11) is 0. The molecule has 3 unspecified atom stereocenters. The number of hydrogen-bond donors (Lipinski definition) is 1. The lowest BCUT2D eigenvalue weighted by Gasteiger charge is -2.37. The molecule has 0 amide bonds. The third-order valence-corrected chi connectivity index (χ3v) is 5.20. The summed E-state index contributed by atoms with van der Waals surface area (Å²) in [5.41, 5.74) is 2.13. The number of guanidine groups is 1. The number of halogens is 1. The molecule has 0 radical (unpaired) electrons. The summed E-state index contributed by atoms with van der Waals surface area (Å²) in [6.45, 7) is 13.0. The van der Waals surface area contributed by atoms with Crippen LogP contribution < -0.4 is 5.32 Å². The molecular formula is C19H33IN4O3. The molecule has 2 saturated heterocycles. The Labute approximate surface area is 179 Å². The standard InChI is InChI=1S/C19H32N4O3.HI/c1-5-20-19(21-11-13(2)18-14(3)22-26-15(18)4)23-8-10-25-17(12-23)16-7-6-9-24-16;/h13,16-17H,5-12H2,1-4H3,(H,20,21);1H. The molecule has 2 aliphatic heterocycles. The van der Waals surface area contributed by atoms with Gasteiger partial charge in [0.05, 0.1) is 18.4 Å². The Morgan fingerprint density at radius 1 is 1.30 bits per heavy atom. The summed E-state index contributed by atoms with van der Waals surface area (Å²) in [5.74, 6) is 2.11. The number of nitrogens with one attached hydrogen (secondary N) is 1. The minimum Gasteiger partial charge on any atom is -0.375 e. The number of nitrogens with zero attached hydrogens (tertiary/aromatic N) is 3. The first kappa shape index (κ1) is 22.4. The molecule has 1 aromatic rings. The highest BCUT2D eigenvalue weighted by molar-refractivity contribution is 14.0. The van der Waals surface area contributed by atoms with Crippen LogP contribution in [0.25, 0.3) is 0 Å². The van der Waals surface area contributed by atoms with E-state index in [4.69, 9.17) is 19.0 Å². The van der Waals surface area contributed by atoms with Crippen molar-refractivity contribution in [1.82, 2.24) is 15.4 Å². The topological polar surface area (TPSA) is 72.1 Å². The molecular weight excluding hydrogens is 459 g/mol. The molecule has 2 aliphatic rings. The number of hydrogen-bond acceptors (Lipinski definition) is 5. The fourth-order valence-electron chi connectivity index (χ4n) is 3.92. The van der Waals surface area contributed by atoms with E-state index < -0.39 is 0 Å². The SMILES string of the molecule is CCNC(=NCC(C)c1c(C)noc1C)N1CCOC(C2CCCO2)C1.I. The van der Waals surface area contributed by atoms with Crippen LogP contribution in [0.4, 0.5) is 0 Å². The van der Waals surface area contributed by atoms with Gasteiger partial charge >= 0.3 is 0 Å². The highest BCUT2D eigenvalue weighted by Crippen LogP contribution is 2.24. The summed E-state index contributed by atoms with van der Waals surface area (Å²) in [6.07, 6.45) is 2.58. The predicted molar refractivity (Wildman–Crippen MR) is 116 cm³/mol. The molecule has 0 saturated carbocycles. The van der Waals surface area contributed by atoms with Crippen molar-refractivity contribution >= 4 is 29.9 Å². The van der Waals surface area contributed by atoms with Crippen LogP contribution in [0.3, 0.4) is 0 Å². The summed E-state index contributed by atoms with van der Waals surface area (Å²) in [6, 6.07) is 0. The second-order valence-corrected chi connectivity index (χ2v) is 7.24. The Bertz CT molecular complexity index is 597. The predicted octanol–water partition coefficient (Wildman–Crippen LogP) is 2.86. The van der Waals surface area contributed by atoms with Crippen LogP contribution in [-0.4, -0.2) is 67.6 Å². The van der Waals surface area contributed by atoms with E-state index in [1.54, 1.807) is 0 Å². The average molecular weight is 492 g/mol. The first-order valence-corrected chi connectivity index (χ1v) is 9.79. The minimum absolute atomic E-state index is 0. The van der Waals surface area contributed by atoms with Crippen LogP contribution in [0.1, 0.15) is 49.6 Å². The van der Waals surface area contributed by atoms with E-state index in [9.17, 15) is 0 Å². The van der Waals surface area contributed by atoms with Gasteiger partial charge in [-0.15, -0.1) is 24.0 Å². The van der Waals surface area contributed by atoms with Gasteiger partial charge in [0, 0.05) is 44.3 Å². The molecule has 0 aromatic carbocycles. The fourth-order valence-corrected chi connectivity index (χ4v) is 3.92. The van der Waals surface area contributed by atoms with Gasteiger partial charge in [-0.2, -0.15) is 0 Å². The molecule has 3 heterocycles. The van der Waals surface area contributed by atoms with Crippen LogP contribution in [-0.2, 0) is 9.47 Å². The molecule has 3 atom stereocenters. The molecule has 8 heteroatoms. The Morgan fingerprint density at radius 3 is 2.70 bits per heavy atom. The molecule has 7 nitrogen and oxygen atoms in total. The first-order chi connectivity index (χ1) is 12.6. The highest BCUT2D eigenvalue weighted by atomic mass is 127. The van der Waals surface area contributed by atoms with E-state index in [0.717, 1.165) is 56.5 Å². The van der Waals surface area contributed by atoms with E-state index in [0.29, 0.717) is 13.2 Å². The molecule has 154 valence electrons. The van der Waals surface area contributed by atoms with Gasteiger partial charge in [0.2, 0.25) is 0 Å². The number of morpholine rings is 1. The van der Waals surface area contributed by atoms with Gasteiger partial charge < -0.3 is 24.2 Å². The zero-order chi connectivity index (χ0) is 18.5. The largest absolute Gasteiger partial charge is 0.375 e. The summed E-state index contributed by atoms with van der Waals surface area (Å²) in [4.78, 5) is 7.21. The zero-order valence-corrected chi connectivity index (χ0v) is 19.2. The molecule has 1 aromatic heterocycles. The van der Waals surface area contributed by atoms with Gasteiger partial charge in [0.15, 0.2) is 5.96 Å². The second kappa shape index (κ2) is 10.6. The Balaban J connectivity index is 0.00000261. The number of aryl methyl sites for hydroxylation is 2. The van der Waals surface area contributed by atoms with E-state index in [-0.39, 0.29) is 42.1 Å². The van der Waals surface area contributed by atoms with Gasteiger partial charge in [0.25, 0.3) is 0 Å². The third-order valence-electron chi connectivity index (χ3n) is 5.20. The molecule has 3 rings (SSSR count). The smallest absolute Gasteiger partial charge is 0.194 e. The third kappa shape index (κ3) is 5.57. The molecule has 1 N–H and O–H groups in total. The van der Waals surface area contributed by atoms with Crippen LogP contribution in [0.15, 0.2) is 9.52 Å². The number of ether oxygens (including phenoxy) is 2. The van der Waals surface area contributed by atoms with Gasteiger partial charge in [-0.3, -0.25) is 4.99 Å². The first-order valence-electron chi connectivity index (χ1n) is 9.79. The van der Waals surface area contributed by atoms with Crippen LogP contribution in [0.5, 0.6) is 0 Å². The maximum absolute atomic E-state index is 5.97. The fraction of sp³-hybridized carbons (Fsp3) is 0.789. The minimum atomic E-state index is 0. The quantitative estimate of drug-likeness (QED) is 0.387. The lowest BCUT2D eigenvalue weighted by atomic mass is 10.00. The van der Waals surface area contributed by atoms with Gasteiger partial charge in [-0.25, -0.2) is 0 Å². The van der Waals surface area contributed by atoms with Crippen LogP contribution in [0.2, 0.25) is 0 Å². The van der Waals surface area contributed by atoms with Crippen molar-refractivity contribution in [3.63, 3.8) is 0 Å². The van der Waals surface area contributed by atoms with Crippen molar-refractivity contribution in [3.05, 3.63) is 17.0 Å². The van der Waals surface area contributed by atoms with Gasteiger partial charge in [-0.1, -0.05) is 12.1 Å². The van der Waals surface area contributed by atoms with E-state index in [1.165, 1.54) is 5.56 Å². The van der Waals surface area contributed by atoms with Crippen molar-refractivity contribution in [2.75, 3.05) is 39.4 Å². The molecule has 2 fully saturated rings. The second-order valence-electron chi connectivity index (χ2n) is 7.24. The monoisotopic (exact) mass is 492 g/mol. The van der Waals surface area contributed by atoms with Crippen LogP contribution in [0, 0.1) is 13.8 Å². The van der Waals surface area contributed by atoms with E-state index >= 15 is 0 Å². The van der Waals surface area contributed by atoms with Crippen molar-refractivity contribution < 1.29 is 14.0 Å². The molecule has 0 bridgehead atoms. The van der Waals surface area contributed by atoms with Crippen molar-refractivity contribution in [1.29, 1.82) is 0 Å². The number of aromatic nitrogens is 1. The number of rotatable bonds is 5. The molecule has 0 aliphatic carbocycles. The van der Waals surface area contributed by atoms with Crippen LogP contribution >= 0.6 is 24.0 Å². The zero-order valence-electron chi connectivity index (χ0n) is 16.9. The number of aliphatic imine (C=N–C) groups is 1. The maximum atomic E-state index is 5.97. The lowest BCUT2D eigenvalue weighted by Crippen LogP contribution is -2.53. The molecule has 0 spiro atoms. The summed E-state index contributed by atoms with van der Waals surface area (Å²) in [5, 5.41) is 7.50.